The lowest BCUT2D eigenvalue weighted by molar-refractivity contribution is 0.0989. The first-order chi connectivity index (χ1) is 11.8. The van der Waals surface area contributed by atoms with Crippen LogP contribution in [0.25, 0.3) is 11.1 Å². The summed E-state index contributed by atoms with van der Waals surface area (Å²) in [4.78, 5) is 19.8. The molecule has 5 heteroatoms. The van der Waals surface area contributed by atoms with Crippen LogP contribution in [0.2, 0.25) is 0 Å². The predicted molar refractivity (Wildman–Crippen MR) is 97.3 cm³/mol. The highest BCUT2D eigenvalue weighted by Gasteiger charge is 2.29. The van der Waals surface area contributed by atoms with Crippen molar-refractivity contribution in [3.05, 3.63) is 70.2 Å². The number of benzene rings is 2. The first kappa shape index (κ1) is 15.1. The number of fused-ring (bicyclic) bond motifs is 1. The van der Waals surface area contributed by atoms with Crippen molar-refractivity contribution in [1.82, 2.24) is 4.98 Å². The molecule has 1 aliphatic heterocycles. The van der Waals surface area contributed by atoms with E-state index in [0.717, 1.165) is 17.0 Å². The summed E-state index contributed by atoms with van der Waals surface area (Å²) < 4.78 is 0. The van der Waals surface area contributed by atoms with E-state index in [1.54, 1.807) is 6.20 Å². The number of thiazole rings is 1. The molecule has 4 nitrogen and oxygen atoms in total. The van der Waals surface area contributed by atoms with Gasteiger partial charge in [-0.3, -0.25) is 4.79 Å². The molecule has 1 amide bonds. The number of aromatic nitrogens is 1. The smallest absolute Gasteiger partial charge is 0.287 e. The molecule has 2 heterocycles. The summed E-state index contributed by atoms with van der Waals surface area (Å²) >= 11 is 1.38. The summed E-state index contributed by atoms with van der Waals surface area (Å²) in [6.07, 6.45) is 2.55. The zero-order valence-electron chi connectivity index (χ0n) is 13.1. The molecule has 0 radical (unpaired) electrons. The largest absolute Gasteiger partial charge is 0.326 e. The Kier molecular flexibility index (Phi) is 3.88. The number of nitrogens with zero attached hydrogens (tertiary/aromatic N) is 2. The maximum atomic E-state index is 12.8. The number of rotatable bonds is 3. The number of carbonyl (C=O) groups excluding carboxylic acids is 1. The molecule has 0 fully saturated rings. The SMILES string of the molecule is NCc1cnc(C(=O)N2CCc3c(-c4ccccc4)cccc32)s1. The van der Waals surface area contributed by atoms with Gasteiger partial charge in [0.1, 0.15) is 0 Å². The lowest BCUT2D eigenvalue weighted by Crippen LogP contribution is -2.28. The van der Waals surface area contributed by atoms with Crippen molar-refractivity contribution in [2.75, 3.05) is 11.4 Å². The summed E-state index contributed by atoms with van der Waals surface area (Å²) in [6, 6.07) is 16.5. The highest BCUT2D eigenvalue weighted by atomic mass is 32.1. The second-order valence-corrected chi connectivity index (χ2v) is 6.83. The van der Waals surface area contributed by atoms with E-state index in [4.69, 9.17) is 5.73 Å². The van der Waals surface area contributed by atoms with Crippen LogP contribution in [-0.2, 0) is 13.0 Å². The Morgan fingerprint density at radius 1 is 1.17 bits per heavy atom. The van der Waals surface area contributed by atoms with Gasteiger partial charge < -0.3 is 10.6 Å². The maximum absolute atomic E-state index is 12.8. The fourth-order valence-corrected chi connectivity index (χ4v) is 3.89. The third-order valence-electron chi connectivity index (χ3n) is 4.30. The van der Waals surface area contributed by atoms with Crippen molar-refractivity contribution in [3.63, 3.8) is 0 Å². The zero-order chi connectivity index (χ0) is 16.5. The van der Waals surface area contributed by atoms with Gasteiger partial charge in [-0.05, 0) is 29.2 Å². The van der Waals surface area contributed by atoms with Gasteiger partial charge in [0.05, 0.1) is 0 Å². The van der Waals surface area contributed by atoms with Crippen LogP contribution in [0.3, 0.4) is 0 Å². The fraction of sp³-hybridized carbons (Fsp3) is 0.158. The molecule has 0 aliphatic carbocycles. The monoisotopic (exact) mass is 335 g/mol. The van der Waals surface area contributed by atoms with Crippen LogP contribution in [0.1, 0.15) is 20.2 Å². The number of nitrogens with two attached hydrogens (primary N) is 1. The van der Waals surface area contributed by atoms with Gasteiger partial charge in [0.25, 0.3) is 5.91 Å². The van der Waals surface area contributed by atoms with Crippen molar-refractivity contribution < 1.29 is 4.79 Å². The maximum Gasteiger partial charge on any atom is 0.287 e. The highest BCUT2D eigenvalue weighted by molar-refractivity contribution is 7.13. The number of hydrogen-bond donors (Lipinski definition) is 1. The highest BCUT2D eigenvalue weighted by Crippen LogP contribution is 2.37. The molecule has 1 aromatic heterocycles. The van der Waals surface area contributed by atoms with Crippen LogP contribution in [-0.4, -0.2) is 17.4 Å². The Morgan fingerprint density at radius 3 is 2.75 bits per heavy atom. The van der Waals surface area contributed by atoms with E-state index in [1.165, 1.54) is 28.0 Å². The number of amides is 1. The van der Waals surface area contributed by atoms with Gasteiger partial charge in [-0.1, -0.05) is 42.5 Å². The van der Waals surface area contributed by atoms with E-state index in [0.29, 0.717) is 18.1 Å². The average Bonchev–Trinajstić information content (AvgIpc) is 3.28. The van der Waals surface area contributed by atoms with Crippen LogP contribution < -0.4 is 10.6 Å². The number of hydrogen-bond acceptors (Lipinski definition) is 4. The molecule has 0 unspecified atom stereocenters. The second-order valence-electron chi connectivity index (χ2n) is 5.71. The minimum atomic E-state index is -0.0383. The lowest BCUT2D eigenvalue weighted by atomic mass is 9.98. The first-order valence-electron chi connectivity index (χ1n) is 7.92. The molecule has 2 aromatic carbocycles. The Bertz CT molecular complexity index is 889. The first-order valence-corrected chi connectivity index (χ1v) is 8.73. The standard InChI is InChI=1S/C19H17N3OS/c20-11-14-12-21-18(24-14)19(23)22-10-9-16-15(7-4-8-17(16)22)13-5-2-1-3-6-13/h1-8,12H,9-11,20H2. The minimum absolute atomic E-state index is 0.0383. The van der Waals surface area contributed by atoms with Gasteiger partial charge in [0.15, 0.2) is 5.01 Å². The van der Waals surface area contributed by atoms with E-state index in [2.05, 4.69) is 23.2 Å². The van der Waals surface area contributed by atoms with Crippen LogP contribution in [0.15, 0.2) is 54.7 Å². The van der Waals surface area contributed by atoms with E-state index in [-0.39, 0.29) is 5.91 Å². The van der Waals surface area contributed by atoms with Crippen molar-refractivity contribution >= 4 is 22.9 Å². The van der Waals surface area contributed by atoms with Gasteiger partial charge in [-0.25, -0.2) is 4.98 Å². The quantitative estimate of drug-likeness (QED) is 0.797. The van der Waals surface area contributed by atoms with Gasteiger partial charge in [-0.2, -0.15) is 0 Å². The van der Waals surface area contributed by atoms with E-state index >= 15 is 0 Å². The van der Waals surface area contributed by atoms with Crippen molar-refractivity contribution in [3.8, 4) is 11.1 Å². The Labute approximate surface area is 144 Å². The fourth-order valence-electron chi connectivity index (χ4n) is 3.15. The van der Waals surface area contributed by atoms with Crippen molar-refractivity contribution in [1.29, 1.82) is 0 Å². The summed E-state index contributed by atoms with van der Waals surface area (Å²) in [5, 5.41) is 0.508. The Hall–Kier alpha value is -2.50. The van der Waals surface area contributed by atoms with Crippen LogP contribution in [0.4, 0.5) is 5.69 Å². The van der Waals surface area contributed by atoms with Crippen LogP contribution in [0, 0.1) is 0 Å². The van der Waals surface area contributed by atoms with Crippen LogP contribution in [0.5, 0.6) is 0 Å². The normalized spacial score (nSPS) is 13.1. The van der Waals surface area contributed by atoms with Crippen molar-refractivity contribution in [2.45, 2.75) is 13.0 Å². The Balaban J connectivity index is 1.71. The average molecular weight is 335 g/mol. The molecular weight excluding hydrogens is 318 g/mol. The number of carbonyl (C=O) groups is 1. The summed E-state index contributed by atoms with van der Waals surface area (Å²) in [6.45, 7) is 1.11. The number of anilines is 1. The molecule has 0 saturated heterocycles. The summed E-state index contributed by atoms with van der Waals surface area (Å²) in [5.74, 6) is -0.0383. The molecule has 120 valence electrons. The molecule has 2 N–H and O–H groups in total. The topological polar surface area (TPSA) is 59.2 Å². The molecular formula is C19H17N3OS. The summed E-state index contributed by atoms with van der Waals surface area (Å²) in [7, 11) is 0. The second kappa shape index (κ2) is 6.19. The van der Waals surface area contributed by atoms with E-state index < -0.39 is 0 Å². The lowest BCUT2D eigenvalue weighted by Gasteiger charge is -2.16. The van der Waals surface area contributed by atoms with E-state index in [9.17, 15) is 4.79 Å². The third kappa shape index (κ3) is 2.52. The van der Waals surface area contributed by atoms with Gasteiger partial charge in [0, 0.05) is 29.9 Å². The molecule has 0 spiro atoms. The molecule has 4 rings (SSSR count). The molecule has 1 aliphatic rings. The van der Waals surface area contributed by atoms with Crippen molar-refractivity contribution in [2.24, 2.45) is 5.73 Å². The predicted octanol–water partition coefficient (Wildman–Crippen LogP) is 3.47. The van der Waals surface area contributed by atoms with Gasteiger partial charge in [0.2, 0.25) is 0 Å². The molecule has 0 atom stereocenters. The van der Waals surface area contributed by atoms with Gasteiger partial charge >= 0.3 is 0 Å². The molecule has 0 bridgehead atoms. The molecule has 24 heavy (non-hydrogen) atoms. The third-order valence-corrected chi connectivity index (χ3v) is 5.30. The molecule has 0 saturated carbocycles. The minimum Gasteiger partial charge on any atom is -0.326 e. The van der Waals surface area contributed by atoms with Crippen LogP contribution >= 0.6 is 11.3 Å². The zero-order valence-corrected chi connectivity index (χ0v) is 13.9. The van der Waals surface area contributed by atoms with E-state index in [1.807, 2.05) is 35.2 Å². The van der Waals surface area contributed by atoms with Gasteiger partial charge in [-0.15, -0.1) is 11.3 Å². The summed E-state index contributed by atoms with van der Waals surface area (Å²) in [5.41, 5.74) is 10.2. The Morgan fingerprint density at radius 2 is 2.00 bits per heavy atom. The molecule has 3 aromatic rings.